The Morgan fingerprint density at radius 3 is 2.50 bits per heavy atom. The number of carbonyl (C=O) groups is 1. The van der Waals surface area contributed by atoms with Gasteiger partial charge in [-0.1, -0.05) is 26.0 Å². The number of benzene rings is 1. The predicted molar refractivity (Wildman–Crippen MR) is 86.0 cm³/mol. The highest BCUT2D eigenvalue weighted by molar-refractivity contribution is 7.80. The molecule has 0 aliphatic rings. The summed E-state index contributed by atoms with van der Waals surface area (Å²) in [5, 5.41) is 5.95. The van der Waals surface area contributed by atoms with Gasteiger partial charge in [0.1, 0.15) is 5.75 Å². The van der Waals surface area contributed by atoms with Crippen molar-refractivity contribution in [2.45, 2.75) is 40.2 Å². The van der Waals surface area contributed by atoms with Crippen molar-refractivity contribution < 1.29 is 9.53 Å². The lowest BCUT2D eigenvalue weighted by molar-refractivity contribution is -0.120. The van der Waals surface area contributed by atoms with Gasteiger partial charge >= 0.3 is 0 Å². The average Bonchev–Trinajstić information content (AvgIpc) is 2.29. The number of hydrogen-bond donors (Lipinski definition) is 2. The van der Waals surface area contributed by atoms with Gasteiger partial charge < -0.3 is 15.4 Å². The molecule has 1 aromatic carbocycles. The first-order chi connectivity index (χ1) is 9.38. The number of hydrogen-bond acceptors (Lipinski definition) is 3. The molecule has 0 heterocycles. The highest BCUT2D eigenvalue weighted by Gasteiger charge is 2.10. The van der Waals surface area contributed by atoms with Crippen molar-refractivity contribution >= 4 is 28.9 Å². The van der Waals surface area contributed by atoms with Crippen molar-refractivity contribution in [3.05, 3.63) is 24.3 Å². The van der Waals surface area contributed by atoms with Crippen LogP contribution in [0.15, 0.2) is 24.3 Å². The molecule has 5 heteroatoms. The highest BCUT2D eigenvalue weighted by atomic mass is 32.1. The number of rotatable bonds is 5. The second kappa shape index (κ2) is 7.85. The highest BCUT2D eigenvalue weighted by Crippen LogP contribution is 2.24. The Morgan fingerprint density at radius 2 is 1.90 bits per heavy atom. The summed E-state index contributed by atoms with van der Waals surface area (Å²) in [7, 11) is 0. The third-order valence-corrected chi connectivity index (χ3v) is 2.55. The molecule has 4 nitrogen and oxygen atoms in total. The van der Waals surface area contributed by atoms with E-state index in [2.05, 4.69) is 10.6 Å². The minimum atomic E-state index is -0.0836. The molecule has 20 heavy (non-hydrogen) atoms. The van der Waals surface area contributed by atoms with Crippen LogP contribution in [-0.4, -0.2) is 17.1 Å². The minimum absolute atomic E-state index is 0.0713. The largest absolute Gasteiger partial charge is 0.489 e. The second-order valence-corrected chi connectivity index (χ2v) is 5.67. The summed E-state index contributed by atoms with van der Waals surface area (Å²) in [5.41, 5.74) is 0.746. The second-order valence-electron chi connectivity index (χ2n) is 5.26. The molecule has 0 fully saturated rings. The lowest BCUT2D eigenvalue weighted by Gasteiger charge is -2.16. The topological polar surface area (TPSA) is 50.4 Å². The fraction of sp³-hybridized carbons (Fsp3) is 0.467. The maximum absolute atomic E-state index is 11.6. The molecule has 2 N–H and O–H groups in total. The summed E-state index contributed by atoms with van der Waals surface area (Å²) >= 11 is 5.14. The van der Waals surface area contributed by atoms with Crippen LogP contribution in [0.2, 0.25) is 0 Å². The van der Waals surface area contributed by atoms with E-state index in [1.807, 2.05) is 52.0 Å². The Bertz CT molecular complexity index is 473. The third kappa shape index (κ3) is 6.02. The summed E-state index contributed by atoms with van der Waals surface area (Å²) in [4.78, 5) is 11.6. The van der Waals surface area contributed by atoms with Gasteiger partial charge in [-0.05, 0) is 44.1 Å². The average molecular weight is 294 g/mol. The molecule has 0 spiro atoms. The van der Waals surface area contributed by atoms with E-state index < -0.39 is 0 Å². The number of amides is 1. The Morgan fingerprint density at radius 1 is 1.25 bits per heavy atom. The van der Waals surface area contributed by atoms with E-state index in [1.54, 1.807) is 0 Å². The zero-order chi connectivity index (χ0) is 15.1. The summed E-state index contributed by atoms with van der Waals surface area (Å²) in [6.45, 7) is 7.89. The summed E-state index contributed by atoms with van der Waals surface area (Å²) < 4.78 is 5.68. The van der Waals surface area contributed by atoms with E-state index in [1.165, 1.54) is 0 Å². The van der Waals surface area contributed by atoms with Crippen molar-refractivity contribution in [1.29, 1.82) is 0 Å². The van der Waals surface area contributed by atoms with E-state index in [4.69, 9.17) is 17.0 Å². The van der Waals surface area contributed by atoms with Gasteiger partial charge in [0.2, 0.25) is 5.91 Å². The quantitative estimate of drug-likeness (QED) is 0.818. The fourth-order valence-corrected chi connectivity index (χ4v) is 1.85. The van der Waals surface area contributed by atoms with Crippen LogP contribution in [0.25, 0.3) is 0 Å². The molecular weight excluding hydrogens is 272 g/mol. The Balaban J connectivity index is 2.64. The SMILES string of the molecule is CC(C)CC(=O)NC(=S)Nc1ccccc1OC(C)C. The zero-order valence-corrected chi connectivity index (χ0v) is 13.2. The lowest BCUT2D eigenvalue weighted by Crippen LogP contribution is -2.34. The van der Waals surface area contributed by atoms with Crippen molar-refractivity contribution in [2.24, 2.45) is 5.92 Å². The van der Waals surface area contributed by atoms with Gasteiger partial charge in [-0.2, -0.15) is 0 Å². The molecule has 1 rings (SSSR count). The van der Waals surface area contributed by atoms with Gasteiger partial charge in [0.25, 0.3) is 0 Å². The van der Waals surface area contributed by atoms with E-state index >= 15 is 0 Å². The smallest absolute Gasteiger partial charge is 0.226 e. The maximum atomic E-state index is 11.6. The number of thiocarbonyl (C=S) groups is 1. The van der Waals surface area contributed by atoms with Crippen LogP contribution in [-0.2, 0) is 4.79 Å². The van der Waals surface area contributed by atoms with Gasteiger partial charge in [0, 0.05) is 6.42 Å². The fourth-order valence-electron chi connectivity index (χ4n) is 1.63. The van der Waals surface area contributed by atoms with Crippen LogP contribution in [0.5, 0.6) is 5.75 Å². The van der Waals surface area contributed by atoms with Crippen LogP contribution < -0.4 is 15.4 Å². The Labute approximate surface area is 125 Å². The molecule has 0 radical (unpaired) electrons. The van der Waals surface area contributed by atoms with Gasteiger partial charge in [0.15, 0.2) is 5.11 Å². The number of para-hydroxylation sites is 2. The first-order valence-electron chi connectivity index (χ1n) is 6.75. The summed E-state index contributed by atoms with van der Waals surface area (Å²) in [6, 6.07) is 7.50. The molecule has 0 aliphatic carbocycles. The van der Waals surface area contributed by atoms with Crippen LogP contribution in [0.3, 0.4) is 0 Å². The monoisotopic (exact) mass is 294 g/mol. The van der Waals surface area contributed by atoms with Crippen LogP contribution in [0.1, 0.15) is 34.1 Å². The molecule has 110 valence electrons. The van der Waals surface area contributed by atoms with E-state index in [-0.39, 0.29) is 17.1 Å². The maximum Gasteiger partial charge on any atom is 0.226 e. The summed E-state index contributed by atoms with van der Waals surface area (Å²) in [6.07, 6.45) is 0.522. The Kier molecular flexibility index (Phi) is 6.45. The number of ether oxygens (including phenoxy) is 1. The minimum Gasteiger partial charge on any atom is -0.489 e. The normalized spacial score (nSPS) is 10.5. The Hall–Kier alpha value is -1.62. The van der Waals surface area contributed by atoms with E-state index in [0.29, 0.717) is 18.1 Å². The van der Waals surface area contributed by atoms with E-state index in [9.17, 15) is 4.79 Å². The number of nitrogens with one attached hydrogen (secondary N) is 2. The molecule has 1 amide bonds. The third-order valence-electron chi connectivity index (χ3n) is 2.34. The molecule has 0 unspecified atom stereocenters. The predicted octanol–water partition coefficient (Wildman–Crippen LogP) is 3.33. The van der Waals surface area contributed by atoms with Gasteiger partial charge in [-0.15, -0.1) is 0 Å². The molecule has 0 atom stereocenters. The standard InChI is InChI=1S/C15H22N2O2S/c1-10(2)9-14(18)17-15(20)16-12-7-5-6-8-13(12)19-11(3)4/h5-8,10-11H,9H2,1-4H3,(H2,16,17,18,20). The van der Waals surface area contributed by atoms with Crippen LogP contribution in [0.4, 0.5) is 5.69 Å². The molecule has 0 saturated heterocycles. The van der Waals surface area contributed by atoms with Crippen molar-refractivity contribution in [3.63, 3.8) is 0 Å². The van der Waals surface area contributed by atoms with Gasteiger partial charge in [-0.3, -0.25) is 4.79 Å². The molecule has 1 aromatic rings. The molecule has 0 saturated carbocycles. The first-order valence-corrected chi connectivity index (χ1v) is 7.15. The molecule has 0 bridgehead atoms. The van der Waals surface area contributed by atoms with Crippen LogP contribution >= 0.6 is 12.2 Å². The van der Waals surface area contributed by atoms with Gasteiger partial charge in [-0.25, -0.2) is 0 Å². The zero-order valence-electron chi connectivity index (χ0n) is 12.4. The van der Waals surface area contributed by atoms with E-state index in [0.717, 1.165) is 5.69 Å². The van der Waals surface area contributed by atoms with Crippen LogP contribution in [0, 0.1) is 5.92 Å². The number of carbonyl (C=O) groups excluding carboxylic acids is 1. The first kappa shape index (κ1) is 16.4. The van der Waals surface area contributed by atoms with Crippen molar-refractivity contribution in [1.82, 2.24) is 5.32 Å². The number of anilines is 1. The van der Waals surface area contributed by atoms with Crippen molar-refractivity contribution in [3.8, 4) is 5.75 Å². The van der Waals surface area contributed by atoms with Crippen molar-refractivity contribution in [2.75, 3.05) is 5.32 Å². The summed E-state index contributed by atoms with van der Waals surface area (Å²) in [5.74, 6) is 0.928. The molecular formula is C15H22N2O2S. The molecule has 0 aromatic heterocycles. The van der Waals surface area contributed by atoms with Gasteiger partial charge in [0.05, 0.1) is 11.8 Å². The molecule has 0 aliphatic heterocycles. The lowest BCUT2D eigenvalue weighted by atomic mass is 10.1.